The van der Waals surface area contributed by atoms with Crippen molar-refractivity contribution in [3.05, 3.63) is 94.8 Å². The highest BCUT2D eigenvalue weighted by Gasteiger charge is 2.52. The largest absolute Gasteiger partial charge is 0.480 e. The Morgan fingerprint density at radius 2 is 1.00 bits per heavy atom. The van der Waals surface area contributed by atoms with Crippen LogP contribution in [-0.2, 0) is 13.1 Å². The lowest BCUT2D eigenvalue weighted by molar-refractivity contribution is -0.104. The molecular weight excluding hydrogens is 695 g/mol. The molecule has 0 aliphatic carbocycles. The third-order valence-electron chi connectivity index (χ3n) is 11.0. The van der Waals surface area contributed by atoms with Crippen molar-refractivity contribution < 1.29 is 9.47 Å². The Kier molecular flexibility index (Phi) is 8.93. The Balaban J connectivity index is 0.982. The molecule has 2 aromatic carbocycles. The van der Waals surface area contributed by atoms with Gasteiger partial charge >= 0.3 is 0 Å². The number of rotatable bonds is 11. The second-order valence-electron chi connectivity index (χ2n) is 15.2. The van der Waals surface area contributed by atoms with Crippen molar-refractivity contribution in [2.75, 3.05) is 66.6 Å². The van der Waals surface area contributed by atoms with Crippen molar-refractivity contribution in [2.45, 2.75) is 26.9 Å². The van der Waals surface area contributed by atoms with Crippen LogP contribution >= 0.6 is 23.2 Å². The lowest BCUT2D eigenvalue weighted by atomic mass is 9.72. The van der Waals surface area contributed by atoms with Crippen LogP contribution in [0.3, 0.4) is 0 Å². The van der Waals surface area contributed by atoms with Crippen molar-refractivity contribution in [2.24, 2.45) is 10.8 Å². The fourth-order valence-corrected chi connectivity index (χ4v) is 9.04. The summed E-state index contributed by atoms with van der Waals surface area (Å²) in [5.74, 6) is 0.998. The van der Waals surface area contributed by atoms with Gasteiger partial charge in [-0.05, 0) is 13.8 Å². The summed E-state index contributed by atoms with van der Waals surface area (Å²) < 4.78 is 11.5. The van der Waals surface area contributed by atoms with Gasteiger partial charge in [-0.15, -0.1) is 0 Å². The number of hydrogen-bond acceptors (Lipinski definition) is 10. The lowest BCUT2D eigenvalue weighted by Gasteiger charge is -2.61. The Labute approximate surface area is 315 Å². The minimum absolute atomic E-state index is 0.371. The first-order chi connectivity index (χ1) is 25.0. The van der Waals surface area contributed by atoms with E-state index in [1.807, 2.05) is 36.4 Å². The highest BCUT2D eigenvalue weighted by atomic mass is 35.5. The molecule has 270 valence electrons. The number of halogens is 2. The second kappa shape index (κ2) is 13.3. The summed E-state index contributed by atoms with van der Waals surface area (Å²) in [4.78, 5) is 28.8. The van der Waals surface area contributed by atoms with Gasteiger partial charge < -0.3 is 19.3 Å². The Bertz CT molecular complexity index is 1910. The van der Waals surface area contributed by atoms with Gasteiger partial charge in [0.25, 0.3) is 0 Å². The molecule has 8 rings (SSSR count). The summed E-state index contributed by atoms with van der Waals surface area (Å²) >= 11 is 14.3. The molecule has 4 aromatic rings. The van der Waals surface area contributed by atoms with E-state index in [2.05, 4.69) is 46.6 Å². The van der Waals surface area contributed by atoms with E-state index >= 15 is 0 Å². The van der Waals surface area contributed by atoms with Gasteiger partial charge in [-0.1, -0.05) is 72.8 Å². The van der Waals surface area contributed by atoms with E-state index in [-0.39, 0.29) is 0 Å². The zero-order valence-electron chi connectivity index (χ0n) is 30.3. The summed E-state index contributed by atoms with van der Waals surface area (Å²) in [5.41, 5.74) is 8.92. The highest BCUT2D eigenvalue weighted by molar-refractivity contribution is 6.39. The van der Waals surface area contributed by atoms with Crippen LogP contribution in [0.1, 0.15) is 25.2 Å². The molecule has 10 nitrogen and oxygen atoms in total. The van der Waals surface area contributed by atoms with E-state index in [0.29, 0.717) is 57.1 Å². The van der Waals surface area contributed by atoms with E-state index in [9.17, 15) is 0 Å². The number of ether oxygens (including phenoxy) is 2. The van der Waals surface area contributed by atoms with Crippen molar-refractivity contribution in [3.63, 3.8) is 0 Å². The number of nitrogens with zero attached hydrogens (tertiary/aromatic N) is 8. The fraction of sp³-hybridized carbons (Fsp3) is 0.400. The van der Waals surface area contributed by atoms with Crippen molar-refractivity contribution in [3.8, 4) is 45.4 Å². The van der Waals surface area contributed by atoms with Gasteiger partial charge in [0.05, 0.1) is 48.0 Å². The van der Waals surface area contributed by atoms with Gasteiger partial charge in [-0.3, -0.25) is 19.8 Å². The SMILES string of the molecule is C=C(C)N1CC2(CN(Cc3ncc(-c4cccc(-c5cccc(-c6cnc(CN7CC8(C7)CN(C(=C)C)C8)c(OC)n6)c5Cl)c4Cl)nc3OC)C2)C1. The molecule has 0 N–H and O–H groups in total. The minimum atomic E-state index is 0.371. The number of hydrogen-bond donors (Lipinski definition) is 0. The summed E-state index contributed by atoms with van der Waals surface area (Å²) in [7, 11) is 3.26. The lowest BCUT2D eigenvalue weighted by Crippen LogP contribution is -2.71. The average molecular weight is 740 g/mol. The van der Waals surface area contributed by atoms with Gasteiger partial charge in [0, 0.05) is 110 Å². The van der Waals surface area contributed by atoms with Crippen LogP contribution in [0.25, 0.3) is 33.6 Å². The maximum Gasteiger partial charge on any atom is 0.237 e. The van der Waals surface area contributed by atoms with Gasteiger partial charge in [0.15, 0.2) is 0 Å². The van der Waals surface area contributed by atoms with Crippen molar-refractivity contribution >= 4 is 23.2 Å². The standard InChI is InChI=1S/C40H44Cl2N8O2/c1-25(2)49-21-39(22-49)17-47(18-39)15-33-37(51-5)45-31(13-43-33)29-11-7-9-27(35(29)41)28-10-8-12-30(36(28)42)32-14-44-34(38(46-32)52-6)16-48-19-40(20-48)23-50(24-40)26(3)4/h7-14H,1,3,15-24H2,2,4-6H3. The molecule has 4 aliphatic heterocycles. The maximum atomic E-state index is 7.14. The third-order valence-corrected chi connectivity index (χ3v) is 11.8. The molecule has 0 saturated carbocycles. The molecule has 12 heteroatoms. The number of aromatic nitrogens is 4. The average Bonchev–Trinajstić information content (AvgIpc) is 3.06. The smallest absolute Gasteiger partial charge is 0.237 e. The molecule has 0 unspecified atom stereocenters. The Morgan fingerprint density at radius 3 is 1.35 bits per heavy atom. The maximum absolute atomic E-state index is 7.14. The minimum Gasteiger partial charge on any atom is -0.480 e. The van der Waals surface area contributed by atoms with Crippen LogP contribution in [0.4, 0.5) is 0 Å². The van der Waals surface area contributed by atoms with E-state index in [1.165, 1.54) is 0 Å². The van der Waals surface area contributed by atoms with E-state index in [0.717, 1.165) is 97.4 Å². The van der Waals surface area contributed by atoms with Crippen LogP contribution in [0.2, 0.25) is 10.0 Å². The Morgan fingerprint density at radius 1 is 0.635 bits per heavy atom. The zero-order valence-corrected chi connectivity index (χ0v) is 31.8. The van der Waals surface area contributed by atoms with Crippen molar-refractivity contribution in [1.29, 1.82) is 0 Å². The number of allylic oxidation sites excluding steroid dienone is 2. The van der Waals surface area contributed by atoms with E-state index in [4.69, 9.17) is 52.6 Å². The highest BCUT2D eigenvalue weighted by Crippen LogP contribution is 2.45. The Hall–Kier alpha value is -4.22. The molecule has 0 atom stereocenters. The number of likely N-dealkylation sites (tertiary alicyclic amines) is 4. The monoisotopic (exact) mass is 738 g/mol. The van der Waals surface area contributed by atoms with Crippen LogP contribution in [0.5, 0.6) is 11.8 Å². The first kappa shape index (κ1) is 34.8. The molecule has 4 saturated heterocycles. The molecular formula is C40H44Cl2N8O2. The first-order valence-corrected chi connectivity index (χ1v) is 18.4. The molecule has 4 fully saturated rings. The normalized spacial score (nSPS) is 18.7. The first-order valence-electron chi connectivity index (χ1n) is 17.6. The predicted octanol–water partition coefficient (Wildman–Crippen LogP) is 6.89. The van der Waals surface area contributed by atoms with Crippen LogP contribution in [0.15, 0.2) is 73.3 Å². The second-order valence-corrected chi connectivity index (χ2v) is 16.0. The van der Waals surface area contributed by atoms with Crippen molar-refractivity contribution in [1.82, 2.24) is 39.5 Å². The number of methoxy groups -OCH3 is 2. The summed E-state index contributed by atoms with van der Waals surface area (Å²) in [6.45, 7) is 22.1. The molecule has 2 spiro atoms. The zero-order chi connectivity index (χ0) is 36.4. The topological polar surface area (TPSA) is 83.0 Å². The molecule has 52 heavy (non-hydrogen) atoms. The molecule has 0 amide bonds. The summed E-state index contributed by atoms with van der Waals surface area (Å²) in [6.07, 6.45) is 3.55. The molecule has 6 heterocycles. The number of benzene rings is 2. The van der Waals surface area contributed by atoms with Crippen LogP contribution < -0.4 is 9.47 Å². The van der Waals surface area contributed by atoms with Crippen LogP contribution in [0, 0.1) is 10.8 Å². The molecule has 2 aromatic heterocycles. The quantitative estimate of drug-likeness (QED) is 0.162. The van der Waals surface area contributed by atoms with E-state index < -0.39 is 0 Å². The van der Waals surface area contributed by atoms with Gasteiger partial charge in [0.1, 0.15) is 11.4 Å². The van der Waals surface area contributed by atoms with Crippen LogP contribution in [-0.4, -0.2) is 106 Å². The summed E-state index contributed by atoms with van der Waals surface area (Å²) in [5, 5.41) is 1.04. The van der Waals surface area contributed by atoms with Gasteiger partial charge in [-0.25, -0.2) is 9.97 Å². The molecule has 0 radical (unpaired) electrons. The molecule has 4 aliphatic rings. The third kappa shape index (κ3) is 6.19. The molecule has 0 bridgehead atoms. The van der Waals surface area contributed by atoms with Gasteiger partial charge in [-0.2, -0.15) is 0 Å². The van der Waals surface area contributed by atoms with Gasteiger partial charge in [0.2, 0.25) is 11.8 Å². The van der Waals surface area contributed by atoms with E-state index in [1.54, 1.807) is 26.6 Å². The summed E-state index contributed by atoms with van der Waals surface area (Å²) in [6, 6.07) is 11.7. The predicted molar refractivity (Wildman–Crippen MR) is 205 cm³/mol. The fourth-order valence-electron chi connectivity index (χ4n) is 8.39.